The monoisotopic (exact) mass is 508 g/mol. The third kappa shape index (κ3) is 4.90. The van der Waals surface area contributed by atoms with E-state index in [-0.39, 0.29) is 24.2 Å². The largest absolute Gasteiger partial charge is 0.462 e. The fraction of sp³-hybridized carbons (Fsp3) is 0.280. The highest BCUT2D eigenvalue weighted by atomic mass is 79.9. The normalized spacial score (nSPS) is 11.8. The lowest BCUT2D eigenvalue weighted by molar-refractivity contribution is -0.148. The molecule has 0 bridgehead atoms. The van der Waals surface area contributed by atoms with Gasteiger partial charge in [0.1, 0.15) is 12.4 Å². The summed E-state index contributed by atoms with van der Waals surface area (Å²) < 4.78 is 9.32. The quantitative estimate of drug-likeness (QED) is 0.262. The van der Waals surface area contributed by atoms with Crippen molar-refractivity contribution in [2.45, 2.75) is 46.3 Å². The van der Waals surface area contributed by atoms with Crippen molar-refractivity contribution in [1.29, 1.82) is 0 Å². The minimum Gasteiger partial charge on any atom is -0.462 e. The molecule has 170 valence electrons. The van der Waals surface area contributed by atoms with Crippen molar-refractivity contribution in [1.82, 2.24) is 14.2 Å². The number of rotatable bonds is 7. The first-order valence-corrected chi connectivity index (χ1v) is 11.7. The van der Waals surface area contributed by atoms with Crippen molar-refractivity contribution in [3.63, 3.8) is 0 Å². The Morgan fingerprint density at radius 3 is 2.76 bits per heavy atom. The van der Waals surface area contributed by atoms with Crippen LogP contribution in [0.25, 0.3) is 21.8 Å². The molecule has 0 saturated heterocycles. The van der Waals surface area contributed by atoms with Crippen molar-refractivity contribution < 1.29 is 9.53 Å². The molecule has 4 aromatic rings. The molecule has 0 N–H and O–H groups in total. The molecule has 0 saturated carbocycles. The molecule has 2 aromatic heterocycles. The Kier molecular flexibility index (Phi) is 6.74. The topological polar surface area (TPSA) is 78.5 Å². The number of hydrogen-bond acceptors (Lipinski definition) is 5. The van der Waals surface area contributed by atoms with Crippen LogP contribution in [0.15, 0.2) is 63.0 Å². The summed E-state index contributed by atoms with van der Waals surface area (Å²) in [4.78, 5) is 30.1. The Bertz CT molecular complexity index is 1420. The second kappa shape index (κ2) is 9.70. The van der Waals surface area contributed by atoms with E-state index >= 15 is 0 Å². The molecule has 0 unspecified atom stereocenters. The Morgan fingerprint density at radius 2 is 2.00 bits per heavy atom. The summed E-state index contributed by atoms with van der Waals surface area (Å²) in [6.07, 6.45) is 4.79. The van der Waals surface area contributed by atoms with Crippen LogP contribution in [0.2, 0.25) is 0 Å². The van der Waals surface area contributed by atoms with E-state index in [1.165, 1.54) is 4.68 Å². The maximum Gasteiger partial charge on any atom is 0.326 e. The lowest BCUT2D eigenvalue weighted by Gasteiger charge is -2.09. The van der Waals surface area contributed by atoms with E-state index in [1.807, 2.05) is 67.9 Å². The third-order valence-electron chi connectivity index (χ3n) is 5.15. The van der Waals surface area contributed by atoms with Crippen LogP contribution in [0.5, 0.6) is 0 Å². The second-order valence-corrected chi connectivity index (χ2v) is 8.98. The Balaban J connectivity index is 1.78. The Morgan fingerprint density at radius 1 is 1.21 bits per heavy atom. The summed E-state index contributed by atoms with van der Waals surface area (Å²) in [5.74, 6) is 0.304. The molecule has 0 amide bonds. The fourth-order valence-corrected chi connectivity index (χ4v) is 4.13. The van der Waals surface area contributed by atoms with E-state index in [1.54, 1.807) is 12.3 Å². The van der Waals surface area contributed by atoms with Gasteiger partial charge in [-0.25, -0.2) is 4.98 Å². The van der Waals surface area contributed by atoms with Gasteiger partial charge in [-0.05, 0) is 44.5 Å². The smallest absolute Gasteiger partial charge is 0.326 e. The highest BCUT2D eigenvalue weighted by Crippen LogP contribution is 2.21. The SMILES string of the molecule is CCCc1nc2ccc(Br)cc2c(=O)n1N=Cc1cn(CC(=O)OC(C)C)c2ccccc12. The number of hydrogen-bond donors (Lipinski definition) is 0. The zero-order valence-electron chi connectivity index (χ0n) is 18.8. The van der Waals surface area contributed by atoms with Crippen LogP contribution in [-0.4, -0.2) is 32.5 Å². The number of fused-ring (bicyclic) bond motifs is 2. The molecule has 2 heterocycles. The van der Waals surface area contributed by atoms with Gasteiger partial charge in [-0.2, -0.15) is 9.78 Å². The highest BCUT2D eigenvalue weighted by molar-refractivity contribution is 9.10. The van der Waals surface area contributed by atoms with Crippen LogP contribution >= 0.6 is 15.9 Å². The second-order valence-electron chi connectivity index (χ2n) is 8.07. The van der Waals surface area contributed by atoms with Gasteiger partial charge in [-0.3, -0.25) is 9.59 Å². The standard InChI is InChI=1S/C25H25BrN4O3/c1-4-7-23-28-21-11-10-18(26)12-20(21)25(32)30(23)27-13-17-14-29(15-24(31)33-16(2)3)22-9-6-5-8-19(17)22/h5-6,8-14,16H,4,7,15H2,1-3H3. The lowest BCUT2D eigenvalue weighted by atomic mass is 10.2. The van der Waals surface area contributed by atoms with E-state index in [4.69, 9.17) is 4.74 Å². The average Bonchev–Trinajstić information content (AvgIpc) is 3.11. The van der Waals surface area contributed by atoms with E-state index in [0.29, 0.717) is 23.1 Å². The number of carbonyl (C=O) groups excluding carboxylic acids is 1. The van der Waals surface area contributed by atoms with Crippen molar-refractivity contribution in [2.75, 3.05) is 0 Å². The average molecular weight is 509 g/mol. The predicted octanol–water partition coefficient (Wildman–Crippen LogP) is 4.90. The van der Waals surface area contributed by atoms with Gasteiger partial charge in [0.25, 0.3) is 5.56 Å². The molecule has 0 spiro atoms. The molecule has 0 radical (unpaired) electrons. The van der Waals surface area contributed by atoms with Crippen LogP contribution in [0.3, 0.4) is 0 Å². The molecule has 0 aliphatic carbocycles. The summed E-state index contributed by atoms with van der Waals surface area (Å²) in [5.41, 5.74) is 2.12. The number of para-hydroxylation sites is 1. The Labute approximate surface area is 199 Å². The van der Waals surface area contributed by atoms with Crippen LogP contribution in [0.4, 0.5) is 0 Å². The number of nitrogens with zero attached hydrogens (tertiary/aromatic N) is 4. The van der Waals surface area contributed by atoms with E-state index in [2.05, 4.69) is 26.0 Å². The van der Waals surface area contributed by atoms with E-state index in [9.17, 15) is 9.59 Å². The summed E-state index contributed by atoms with van der Waals surface area (Å²) in [6, 6.07) is 13.2. The summed E-state index contributed by atoms with van der Waals surface area (Å²) >= 11 is 3.43. The van der Waals surface area contributed by atoms with Gasteiger partial charge in [-0.1, -0.05) is 41.1 Å². The summed E-state index contributed by atoms with van der Waals surface area (Å²) in [5, 5.41) is 5.97. The third-order valence-corrected chi connectivity index (χ3v) is 5.64. The van der Waals surface area contributed by atoms with Crippen molar-refractivity contribution >= 4 is 49.9 Å². The maximum absolute atomic E-state index is 13.2. The number of ether oxygens (including phenoxy) is 1. The van der Waals surface area contributed by atoms with Crippen LogP contribution in [-0.2, 0) is 22.5 Å². The van der Waals surface area contributed by atoms with Gasteiger partial charge in [0.15, 0.2) is 0 Å². The first-order valence-electron chi connectivity index (χ1n) is 10.9. The molecule has 33 heavy (non-hydrogen) atoms. The van der Waals surface area contributed by atoms with Crippen molar-refractivity contribution in [3.05, 3.63) is 74.9 Å². The number of benzene rings is 2. The molecule has 0 fully saturated rings. The number of halogens is 1. The molecule has 4 rings (SSSR count). The van der Waals surface area contributed by atoms with Gasteiger partial charge in [-0.15, -0.1) is 0 Å². The maximum atomic E-state index is 13.2. The number of carbonyl (C=O) groups is 1. The fourth-order valence-electron chi connectivity index (χ4n) is 3.77. The molecule has 0 aliphatic heterocycles. The van der Waals surface area contributed by atoms with Gasteiger partial charge in [0.05, 0.1) is 23.2 Å². The zero-order chi connectivity index (χ0) is 23.5. The summed E-state index contributed by atoms with van der Waals surface area (Å²) in [7, 11) is 0. The first kappa shape index (κ1) is 22.9. The van der Waals surface area contributed by atoms with Crippen molar-refractivity contribution in [3.8, 4) is 0 Å². The minimum atomic E-state index is -0.306. The molecule has 0 atom stereocenters. The molecule has 0 aliphatic rings. The minimum absolute atomic E-state index is 0.0964. The number of esters is 1. The molecule has 8 heteroatoms. The molecule has 7 nitrogen and oxygen atoms in total. The van der Waals surface area contributed by atoms with E-state index in [0.717, 1.165) is 27.4 Å². The van der Waals surface area contributed by atoms with Gasteiger partial charge < -0.3 is 9.30 Å². The molecular formula is C25H25BrN4O3. The van der Waals surface area contributed by atoms with Crippen LogP contribution < -0.4 is 5.56 Å². The highest BCUT2D eigenvalue weighted by Gasteiger charge is 2.13. The number of aryl methyl sites for hydroxylation is 1. The molecular weight excluding hydrogens is 484 g/mol. The first-order chi connectivity index (χ1) is 15.9. The number of aromatic nitrogens is 3. The lowest BCUT2D eigenvalue weighted by Crippen LogP contribution is -2.22. The summed E-state index contributed by atoms with van der Waals surface area (Å²) in [6.45, 7) is 5.78. The van der Waals surface area contributed by atoms with Gasteiger partial charge in [0, 0.05) is 33.6 Å². The van der Waals surface area contributed by atoms with Gasteiger partial charge in [0.2, 0.25) is 0 Å². The van der Waals surface area contributed by atoms with Gasteiger partial charge >= 0.3 is 5.97 Å². The Hall–Kier alpha value is -3.26. The molecule has 2 aromatic carbocycles. The van der Waals surface area contributed by atoms with Crippen molar-refractivity contribution in [2.24, 2.45) is 5.10 Å². The van der Waals surface area contributed by atoms with Crippen LogP contribution in [0.1, 0.15) is 38.6 Å². The van der Waals surface area contributed by atoms with E-state index < -0.39 is 0 Å². The zero-order valence-corrected chi connectivity index (χ0v) is 20.4. The predicted molar refractivity (Wildman–Crippen MR) is 134 cm³/mol. The van der Waals surface area contributed by atoms with Crippen LogP contribution in [0, 0.1) is 0 Å².